The van der Waals surface area contributed by atoms with Gasteiger partial charge in [0.15, 0.2) is 5.13 Å². The van der Waals surface area contributed by atoms with Gasteiger partial charge >= 0.3 is 12.1 Å². The van der Waals surface area contributed by atoms with Gasteiger partial charge in [0.25, 0.3) is 0 Å². The Hall–Kier alpha value is -2.98. The zero-order valence-electron chi connectivity index (χ0n) is 15.7. The van der Waals surface area contributed by atoms with Crippen molar-refractivity contribution in [3.8, 4) is 0 Å². The smallest absolute Gasteiger partial charge is 0.416 e. The molecule has 5 nitrogen and oxygen atoms in total. The number of rotatable bonds is 5. The summed E-state index contributed by atoms with van der Waals surface area (Å²) in [5.41, 5.74) is -0.995. The maximum Gasteiger partial charge on any atom is 0.416 e. The Morgan fingerprint density at radius 1 is 1.19 bits per heavy atom. The first-order valence-corrected chi connectivity index (χ1v) is 9.86. The molecule has 3 rings (SSSR count). The Morgan fingerprint density at radius 2 is 1.94 bits per heavy atom. The Morgan fingerprint density at radius 3 is 2.58 bits per heavy atom. The molecular weight excluding hydrogens is 460 g/mol. The van der Waals surface area contributed by atoms with Gasteiger partial charge in [0, 0.05) is 17.3 Å². The van der Waals surface area contributed by atoms with Crippen LogP contribution in [0.4, 0.5) is 28.4 Å². The lowest BCUT2D eigenvalue weighted by molar-refractivity contribution is -0.137. The summed E-state index contributed by atoms with van der Waals surface area (Å²) in [5, 5.41) is 1.69. The van der Waals surface area contributed by atoms with E-state index in [1.165, 1.54) is 36.6 Å². The summed E-state index contributed by atoms with van der Waals surface area (Å²) in [6, 6.07) is 7.75. The van der Waals surface area contributed by atoms with Crippen LogP contribution in [0, 0.1) is 5.82 Å². The minimum absolute atomic E-state index is 0.0107. The summed E-state index contributed by atoms with van der Waals surface area (Å²) in [4.78, 5) is 29.3. The molecule has 0 aliphatic heterocycles. The molecule has 0 bridgehead atoms. The number of aromatic nitrogens is 1. The Balaban J connectivity index is 1.78. The maximum absolute atomic E-state index is 13.8. The van der Waals surface area contributed by atoms with Gasteiger partial charge in [-0.25, -0.2) is 14.2 Å². The van der Waals surface area contributed by atoms with Crippen molar-refractivity contribution in [1.29, 1.82) is 0 Å². The van der Waals surface area contributed by atoms with Crippen LogP contribution in [0.15, 0.2) is 47.8 Å². The van der Waals surface area contributed by atoms with E-state index in [4.69, 9.17) is 16.3 Å². The van der Waals surface area contributed by atoms with Gasteiger partial charge in [-0.15, -0.1) is 11.3 Å². The molecule has 0 spiro atoms. The highest BCUT2D eigenvalue weighted by Crippen LogP contribution is 2.35. The van der Waals surface area contributed by atoms with Crippen molar-refractivity contribution < 1.29 is 31.9 Å². The number of benzene rings is 2. The molecule has 0 atom stereocenters. The molecule has 1 heterocycles. The van der Waals surface area contributed by atoms with E-state index in [1.54, 1.807) is 0 Å². The fourth-order valence-corrected chi connectivity index (χ4v) is 3.62. The molecule has 0 aliphatic rings. The maximum atomic E-state index is 13.8. The molecule has 162 valence electrons. The van der Waals surface area contributed by atoms with E-state index in [2.05, 4.69) is 4.98 Å². The first-order valence-electron chi connectivity index (χ1n) is 8.61. The molecule has 3 aromatic rings. The monoisotopic (exact) mass is 472 g/mol. The molecule has 0 aliphatic carbocycles. The van der Waals surface area contributed by atoms with Crippen molar-refractivity contribution in [3.63, 3.8) is 0 Å². The van der Waals surface area contributed by atoms with E-state index in [9.17, 15) is 27.2 Å². The average Bonchev–Trinajstić information content (AvgIpc) is 3.14. The quantitative estimate of drug-likeness (QED) is 0.338. The van der Waals surface area contributed by atoms with Gasteiger partial charge in [-0.2, -0.15) is 13.2 Å². The number of thiazole rings is 1. The number of alkyl halides is 3. The van der Waals surface area contributed by atoms with Crippen molar-refractivity contribution in [2.75, 3.05) is 4.90 Å². The van der Waals surface area contributed by atoms with Crippen LogP contribution in [-0.2, 0) is 22.3 Å². The van der Waals surface area contributed by atoms with Gasteiger partial charge in [-0.3, -0.25) is 9.69 Å². The lowest BCUT2D eigenvalue weighted by Crippen LogP contribution is -2.23. The number of anilines is 2. The zero-order chi connectivity index (χ0) is 22.8. The molecule has 0 radical (unpaired) electrons. The Labute approximate surface area is 182 Å². The highest BCUT2D eigenvalue weighted by molar-refractivity contribution is 7.14. The van der Waals surface area contributed by atoms with E-state index in [1.807, 2.05) is 0 Å². The minimum Gasteiger partial charge on any atom is -0.455 e. The Kier molecular flexibility index (Phi) is 6.61. The number of nitrogens with zero attached hydrogens (tertiary/aromatic N) is 2. The second kappa shape index (κ2) is 9.03. The van der Waals surface area contributed by atoms with E-state index < -0.39 is 29.4 Å². The zero-order valence-corrected chi connectivity index (χ0v) is 17.3. The first kappa shape index (κ1) is 22.7. The molecule has 11 heteroatoms. The third-order valence-corrected chi connectivity index (χ3v) is 5.09. The number of ether oxygens (including phenoxy) is 1. The fourth-order valence-electron chi connectivity index (χ4n) is 2.59. The van der Waals surface area contributed by atoms with Gasteiger partial charge in [0.2, 0.25) is 5.91 Å². The summed E-state index contributed by atoms with van der Waals surface area (Å²) in [6.07, 6.45) is -4.57. The van der Waals surface area contributed by atoms with Crippen molar-refractivity contribution in [2.24, 2.45) is 0 Å². The molecule has 0 saturated heterocycles. The summed E-state index contributed by atoms with van der Waals surface area (Å²) in [6.45, 7) is 0.858. The van der Waals surface area contributed by atoms with Crippen LogP contribution in [0.5, 0.6) is 0 Å². The second-order valence-electron chi connectivity index (χ2n) is 6.22. The highest BCUT2D eigenvalue weighted by Gasteiger charge is 2.31. The van der Waals surface area contributed by atoms with Crippen molar-refractivity contribution in [2.45, 2.75) is 19.7 Å². The van der Waals surface area contributed by atoms with Crippen LogP contribution in [0.3, 0.4) is 0 Å². The molecule has 0 fully saturated rings. The summed E-state index contributed by atoms with van der Waals surface area (Å²) < 4.78 is 57.9. The van der Waals surface area contributed by atoms with E-state index in [0.717, 1.165) is 34.4 Å². The molecule has 1 aromatic heterocycles. The van der Waals surface area contributed by atoms with Crippen LogP contribution < -0.4 is 4.90 Å². The van der Waals surface area contributed by atoms with Crippen LogP contribution in [-0.4, -0.2) is 16.9 Å². The minimum atomic E-state index is -4.57. The molecule has 0 unspecified atom stereocenters. The van der Waals surface area contributed by atoms with Gasteiger partial charge in [-0.05, 0) is 36.4 Å². The van der Waals surface area contributed by atoms with Gasteiger partial charge in [0.05, 0.1) is 22.5 Å². The standard InChI is InChI=1S/C20H13ClF4N2O3S/c1-11(28)27(15-4-2-3-12(7-15)20(23,24)25)19-26-14(10-31-19)9-30-18(29)16-6-5-13(21)8-17(16)22/h2-8,10H,9H2,1H3. The van der Waals surface area contributed by atoms with Crippen LogP contribution in [0.25, 0.3) is 0 Å². The predicted molar refractivity (Wildman–Crippen MR) is 107 cm³/mol. The number of carbonyl (C=O) groups excluding carboxylic acids is 2. The molecule has 0 saturated carbocycles. The number of halogens is 5. The molecule has 1 amide bonds. The normalized spacial score (nSPS) is 11.3. The molecular formula is C20H13ClF4N2O3S. The largest absolute Gasteiger partial charge is 0.455 e. The molecule has 2 aromatic carbocycles. The average molecular weight is 473 g/mol. The summed E-state index contributed by atoms with van der Waals surface area (Å²) in [5.74, 6) is -2.34. The second-order valence-corrected chi connectivity index (χ2v) is 7.50. The van der Waals surface area contributed by atoms with Crippen molar-refractivity contribution >= 4 is 45.6 Å². The van der Waals surface area contributed by atoms with Gasteiger partial charge < -0.3 is 4.74 Å². The van der Waals surface area contributed by atoms with E-state index >= 15 is 0 Å². The summed E-state index contributed by atoms with van der Waals surface area (Å²) in [7, 11) is 0. The third kappa shape index (κ3) is 5.39. The highest BCUT2D eigenvalue weighted by atomic mass is 35.5. The van der Waals surface area contributed by atoms with Crippen molar-refractivity contribution in [3.05, 3.63) is 75.5 Å². The van der Waals surface area contributed by atoms with E-state index in [0.29, 0.717) is 0 Å². The summed E-state index contributed by atoms with van der Waals surface area (Å²) >= 11 is 6.62. The first-order chi connectivity index (χ1) is 14.6. The number of amides is 1. The van der Waals surface area contributed by atoms with E-state index in [-0.39, 0.29) is 33.7 Å². The fraction of sp³-hybridized carbons (Fsp3) is 0.150. The number of esters is 1. The third-order valence-electron chi connectivity index (χ3n) is 3.98. The topological polar surface area (TPSA) is 59.5 Å². The Bertz CT molecular complexity index is 1130. The lowest BCUT2D eigenvalue weighted by Gasteiger charge is -2.19. The number of carbonyl (C=O) groups is 2. The lowest BCUT2D eigenvalue weighted by atomic mass is 10.2. The molecule has 31 heavy (non-hydrogen) atoms. The van der Waals surface area contributed by atoms with Crippen LogP contribution >= 0.6 is 22.9 Å². The SMILES string of the molecule is CC(=O)N(c1cccc(C(F)(F)F)c1)c1nc(COC(=O)c2ccc(Cl)cc2F)cs1. The van der Waals surface area contributed by atoms with Gasteiger partial charge in [0.1, 0.15) is 12.4 Å². The van der Waals surface area contributed by atoms with Crippen LogP contribution in [0.1, 0.15) is 28.5 Å². The van der Waals surface area contributed by atoms with Crippen molar-refractivity contribution in [1.82, 2.24) is 4.98 Å². The molecule has 0 N–H and O–H groups in total. The predicted octanol–water partition coefficient (Wildman–Crippen LogP) is 6.00. The number of hydrogen-bond acceptors (Lipinski definition) is 5. The van der Waals surface area contributed by atoms with Crippen LogP contribution in [0.2, 0.25) is 5.02 Å². The number of hydrogen-bond donors (Lipinski definition) is 0. The van der Waals surface area contributed by atoms with Gasteiger partial charge in [-0.1, -0.05) is 17.7 Å².